The van der Waals surface area contributed by atoms with Crippen LogP contribution in [0.2, 0.25) is 0 Å². The van der Waals surface area contributed by atoms with Crippen LogP contribution in [0.4, 0.5) is 0 Å². The Hall–Kier alpha value is -1.89. The molecule has 1 rings (SSSR count). The highest BCUT2D eigenvalue weighted by molar-refractivity contribution is 5.75. The Balaban J connectivity index is 2.36. The van der Waals surface area contributed by atoms with E-state index < -0.39 is 11.2 Å². The molecule has 0 radical (unpaired) electrons. The lowest BCUT2D eigenvalue weighted by Gasteiger charge is -2.07. The van der Waals surface area contributed by atoms with Crippen molar-refractivity contribution in [2.45, 2.75) is 19.9 Å². The maximum atomic E-state index is 11.5. The Bertz CT molecular complexity index is 492. The zero-order valence-corrected chi connectivity index (χ0v) is 10.4. The number of aromatic amines is 1. The SMILES string of the molecule is CCCNCCNC(=O)Cn1ccc(=O)[nH]c1=O. The lowest BCUT2D eigenvalue weighted by Crippen LogP contribution is -2.37. The fourth-order valence-electron chi connectivity index (χ4n) is 1.37. The van der Waals surface area contributed by atoms with E-state index in [0.717, 1.165) is 17.5 Å². The van der Waals surface area contributed by atoms with Crippen LogP contribution in [0.25, 0.3) is 0 Å². The summed E-state index contributed by atoms with van der Waals surface area (Å²) in [6.45, 7) is 4.09. The highest BCUT2D eigenvalue weighted by Crippen LogP contribution is 1.77. The third kappa shape index (κ3) is 4.96. The van der Waals surface area contributed by atoms with Crippen LogP contribution in [0.1, 0.15) is 13.3 Å². The number of carbonyl (C=O) groups excluding carboxylic acids is 1. The van der Waals surface area contributed by atoms with Crippen molar-refractivity contribution in [3.05, 3.63) is 33.1 Å². The van der Waals surface area contributed by atoms with Crippen molar-refractivity contribution in [1.29, 1.82) is 0 Å². The third-order valence-electron chi connectivity index (χ3n) is 2.26. The predicted molar refractivity (Wildman–Crippen MR) is 67.5 cm³/mol. The van der Waals surface area contributed by atoms with Crippen molar-refractivity contribution in [3.8, 4) is 0 Å². The van der Waals surface area contributed by atoms with Crippen molar-refractivity contribution in [2.75, 3.05) is 19.6 Å². The highest BCUT2D eigenvalue weighted by Gasteiger charge is 2.03. The van der Waals surface area contributed by atoms with Crippen molar-refractivity contribution in [2.24, 2.45) is 0 Å². The van der Waals surface area contributed by atoms with Crippen LogP contribution in [-0.4, -0.2) is 35.1 Å². The molecule has 0 atom stereocenters. The Morgan fingerprint density at radius 3 is 2.78 bits per heavy atom. The first-order valence-corrected chi connectivity index (χ1v) is 5.90. The minimum Gasteiger partial charge on any atom is -0.353 e. The van der Waals surface area contributed by atoms with E-state index in [-0.39, 0.29) is 12.5 Å². The van der Waals surface area contributed by atoms with Gasteiger partial charge in [0.05, 0.1) is 0 Å². The molecule has 0 bridgehead atoms. The number of H-pyrrole nitrogens is 1. The maximum absolute atomic E-state index is 11.5. The van der Waals surface area contributed by atoms with Crippen LogP contribution >= 0.6 is 0 Å². The standard InChI is InChI=1S/C11H18N4O3/c1-2-4-12-5-6-13-10(17)8-15-7-3-9(16)14-11(15)18/h3,7,12H,2,4-6,8H2,1H3,(H,13,17)(H,14,16,18). The summed E-state index contributed by atoms with van der Waals surface area (Å²) in [5.41, 5.74) is -1.05. The zero-order valence-electron chi connectivity index (χ0n) is 10.4. The molecule has 0 aliphatic heterocycles. The Morgan fingerprint density at radius 1 is 1.33 bits per heavy atom. The lowest BCUT2D eigenvalue weighted by molar-refractivity contribution is -0.121. The molecule has 0 spiro atoms. The molecule has 1 aromatic rings. The van der Waals surface area contributed by atoms with E-state index >= 15 is 0 Å². The first kappa shape index (κ1) is 14.2. The Morgan fingerprint density at radius 2 is 2.11 bits per heavy atom. The molecule has 1 aromatic heterocycles. The summed E-state index contributed by atoms with van der Waals surface area (Å²) >= 11 is 0. The monoisotopic (exact) mass is 254 g/mol. The van der Waals surface area contributed by atoms with Crippen LogP contribution in [-0.2, 0) is 11.3 Å². The first-order valence-electron chi connectivity index (χ1n) is 5.90. The molecule has 0 aromatic carbocycles. The number of carbonyl (C=O) groups is 1. The summed E-state index contributed by atoms with van der Waals surface area (Å²) in [5, 5.41) is 5.82. The molecule has 0 aliphatic carbocycles. The van der Waals surface area contributed by atoms with Crippen molar-refractivity contribution in [1.82, 2.24) is 20.2 Å². The van der Waals surface area contributed by atoms with E-state index in [9.17, 15) is 14.4 Å². The van der Waals surface area contributed by atoms with Crippen molar-refractivity contribution < 1.29 is 4.79 Å². The summed E-state index contributed by atoms with van der Waals surface area (Å²) in [4.78, 5) is 35.7. The first-order chi connectivity index (χ1) is 8.63. The smallest absolute Gasteiger partial charge is 0.328 e. The molecule has 7 nitrogen and oxygen atoms in total. The number of hydrogen-bond acceptors (Lipinski definition) is 4. The average molecular weight is 254 g/mol. The number of hydrogen-bond donors (Lipinski definition) is 3. The molecule has 100 valence electrons. The summed E-state index contributed by atoms with van der Waals surface area (Å²) in [6, 6.07) is 1.21. The van der Waals surface area contributed by atoms with Gasteiger partial charge < -0.3 is 10.6 Å². The molecule has 1 heterocycles. The molecule has 18 heavy (non-hydrogen) atoms. The molecule has 1 amide bonds. The molecule has 0 fully saturated rings. The van der Waals surface area contributed by atoms with Gasteiger partial charge in [0.15, 0.2) is 0 Å². The van der Waals surface area contributed by atoms with E-state index in [2.05, 4.69) is 22.5 Å². The molecule has 0 aliphatic rings. The van der Waals surface area contributed by atoms with E-state index in [0.29, 0.717) is 13.1 Å². The summed E-state index contributed by atoms with van der Waals surface area (Å²) in [6.07, 6.45) is 2.34. The summed E-state index contributed by atoms with van der Waals surface area (Å²) in [7, 11) is 0. The van der Waals surface area contributed by atoms with Gasteiger partial charge in [-0.2, -0.15) is 0 Å². The van der Waals surface area contributed by atoms with Gasteiger partial charge in [-0.3, -0.25) is 19.1 Å². The molecule has 0 saturated heterocycles. The fraction of sp³-hybridized carbons (Fsp3) is 0.545. The van der Waals surface area contributed by atoms with Gasteiger partial charge in [0.2, 0.25) is 5.91 Å². The molecule has 7 heteroatoms. The Kier molecular flexibility index (Phi) is 5.86. The zero-order chi connectivity index (χ0) is 13.4. The largest absolute Gasteiger partial charge is 0.353 e. The van der Waals surface area contributed by atoms with E-state index in [1.807, 2.05) is 0 Å². The van der Waals surface area contributed by atoms with Gasteiger partial charge in [0.1, 0.15) is 6.54 Å². The minimum atomic E-state index is -0.582. The van der Waals surface area contributed by atoms with Crippen LogP contribution in [0.5, 0.6) is 0 Å². The van der Waals surface area contributed by atoms with Gasteiger partial charge >= 0.3 is 5.69 Å². The van der Waals surface area contributed by atoms with E-state index in [1.54, 1.807) is 0 Å². The Labute approximate surface area is 104 Å². The highest BCUT2D eigenvalue weighted by atomic mass is 16.2. The van der Waals surface area contributed by atoms with Gasteiger partial charge in [0, 0.05) is 25.4 Å². The van der Waals surface area contributed by atoms with Crippen LogP contribution < -0.4 is 21.9 Å². The normalized spacial score (nSPS) is 10.3. The van der Waals surface area contributed by atoms with E-state index in [1.165, 1.54) is 12.3 Å². The fourth-order valence-corrected chi connectivity index (χ4v) is 1.37. The van der Waals surface area contributed by atoms with Gasteiger partial charge in [-0.15, -0.1) is 0 Å². The molecule has 3 N–H and O–H groups in total. The van der Waals surface area contributed by atoms with Crippen molar-refractivity contribution in [3.63, 3.8) is 0 Å². The number of rotatable bonds is 7. The van der Waals surface area contributed by atoms with Gasteiger partial charge in [-0.1, -0.05) is 6.92 Å². The van der Waals surface area contributed by atoms with Gasteiger partial charge in [-0.05, 0) is 13.0 Å². The van der Waals surface area contributed by atoms with Crippen molar-refractivity contribution >= 4 is 5.91 Å². The van der Waals surface area contributed by atoms with Crippen LogP contribution in [0.3, 0.4) is 0 Å². The maximum Gasteiger partial charge on any atom is 0.328 e. The predicted octanol–water partition coefficient (Wildman–Crippen LogP) is -1.35. The third-order valence-corrected chi connectivity index (χ3v) is 2.26. The minimum absolute atomic E-state index is 0.0939. The number of amides is 1. The quantitative estimate of drug-likeness (QED) is 0.524. The number of nitrogens with one attached hydrogen (secondary N) is 3. The second kappa shape index (κ2) is 7.44. The number of aromatic nitrogens is 2. The summed E-state index contributed by atoms with van der Waals surface area (Å²) in [5.74, 6) is -0.262. The van der Waals surface area contributed by atoms with Crippen LogP contribution in [0, 0.1) is 0 Å². The van der Waals surface area contributed by atoms with Gasteiger partial charge in [-0.25, -0.2) is 4.79 Å². The lowest BCUT2D eigenvalue weighted by atomic mass is 10.4. The summed E-state index contributed by atoms with van der Waals surface area (Å²) < 4.78 is 1.15. The average Bonchev–Trinajstić information content (AvgIpc) is 2.32. The van der Waals surface area contributed by atoms with Crippen LogP contribution in [0.15, 0.2) is 21.9 Å². The van der Waals surface area contributed by atoms with Gasteiger partial charge in [0.25, 0.3) is 5.56 Å². The molecule has 0 saturated carbocycles. The topological polar surface area (TPSA) is 96.0 Å². The second-order valence-corrected chi connectivity index (χ2v) is 3.84. The number of nitrogens with zero attached hydrogens (tertiary/aromatic N) is 1. The molecular weight excluding hydrogens is 236 g/mol. The molecule has 0 unspecified atom stereocenters. The molecular formula is C11H18N4O3. The second-order valence-electron chi connectivity index (χ2n) is 3.84. The van der Waals surface area contributed by atoms with E-state index in [4.69, 9.17) is 0 Å².